The summed E-state index contributed by atoms with van der Waals surface area (Å²) in [4.78, 5) is 13.0. The lowest BCUT2D eigenvalue weighted by atomic mass is 9.95. The average molecular weight is 413 g/mol. The molecule has 29 heavy (non-hydrogen) atoms. The van der Waals surface area contributed by atoms with Gasteiger partial charge in [-0.1, -0.05) is 43.7 Å². The van der Waals surface area contributed by atoms with Crippen molar-refractivity contribution in [3.63, 3.8) is 0 Å². The summed E-state index contributed by atoms with van der Waals surface area (Å²) in [5.41, 5.74) is 1.63. The number of hydrogen-bond acceptors (Lipinski definition) is 3. The van der Waals surface area contributed by atoms with E-state index in [1.54, 1.807) is 42.5 Å². The zero-order valence-corrected chi connectivity index (χ0v) is 17.6. The summed E-state index contributed by atoms with van der Waals surface area (Å²) in [5, 5.41) is 3.11. The summed E-state index contributed by atoms with van der Waals surface area (Å²) in [7, 11) is -3.84. The van der Waals surface area contributed by atoms with Crippen LogP contribution in [0, 0.1) is 11.8 Å². The molecule has 4 rings (SSSR count). The zero-order chi connectivity index (χ0) is 20.4. The maximum atomic E-state index is 13.3. The van der Waals surface area contributed by atoms with E-state index in [9.17, 15) is 13.2 Å². The molecule has 6 heteroatoms. The van der Waals surface area contributed by atoms with Crippen LogP contribution in [0.4, 0.5) is 5.69 Å². The molecule has 0 radical (unpaired) electrons. The monoisotopic (exact) mass is 412 g/mol. The van der Waals surface area contributed by atoms with Crippen molar-refractivity contribution in [2.75, 3.05) is 10.8 Å². The van der Waals surface area contributed by atoms with Gasteiger partial charge in [0.15, 0.2) is 0 Å². The van der Waals surface area contributed by atoms with Crippen molar-refractivity contribution in [1.29, 1.82) is 0 Å². The summed E-state index contributed by atoms with van der Waals surface area (Å²) < 4.78 is 27.9. The van der Waals surface area contributed by atoms with E-state index >= 15 is 0 Å². The van der Waals surface area contributed by atoms with Crippen LogP contribution < -0.4 is 9.62 Å². The molecule has 0 aromatic heterocycles. The van der Waals surface area contributed by atoms with Crippen LogP contribution in [-0.4, -0.2) is 26.9 Å². The molecule has 0 saturated heterocycles. The molecule has 0 spiro atoms. The predicted octanol–water partition coefficient (Wildman–Crippen LogP) is 3.75. The number of benzene rings is 2. The standard InChI is InChI=1S/C23H28N2O3S/c1-2-17-9-12-20(13-10-17)25(29(27,28)21-6-4-3-5-7-21)16-23(26)24-22-15-18-8-11-19(22)14-18/h3-7,9-10,12-13,18-19,22H,2,8,11,14-16H2,1H3,(H,24,26)/t18-,19-,22+/m0/s1. The molecule has 2 aromatic rings. The number of rotatable bonds is 7. The molecule has 2 fully saturated rings. The van der Waals surface area contributed by atoms with Gasteiger partial charge in [-0.2, -0.15) is 0 Å². The lowest BCUT2D eigenvalue weighted by Gasteiger charge is -2.27. The van der Waals surface area contributed by atoms with E-state index in [0.29, 0.717) is 11.6 Å². The van der Waals surface area contributed by atoms with E-state index < -0.39 is 10.0 Å². The van der Waals surface area contributed by atoms with E-state index in [1.807, 2.05) is 12.1 Å². The Morgan fingerprint density at radius 3 is 2.34 bits per heavy atom. The molecule has 2 aliphatic carbocycles. The van der Waals surface area contributed by atoms with Crippen molar-refractivity contribution in [2.45, 2.75) is 50.0 Å². The van der Waals surface area contributed by atoms with E-state index in [0.717, 1.165) is 24.3 Å². The molecule has 0 heterocycles. The normalized spacial score (nSPS) is 23.1. The largest absolute Gasteiger partial charge is 0.352 e. The molecule has 2 saturated carbocycles. The molecule has 2 aliphatic rings. The van der Waals surface area contributed by atoms with Gasteiger partial charge in [0.1, 0.15) is 6.54 Å². The van der Waals surface area contributed by atoms with Crippen molar-refractivity contribution >= 4 is 21.6 Å². The fourth-order valence-electron chi connectivity index (χ4n) is 4.74. The molecule has 5 nitrogen and oxygen atoms in total. The summed E-state index contributed by atoms with van der Waals surface area (Å²) in [5.74, 6) is 1.03. The minimum absolute atomic E-state index is 0.185. The van der Waals surface area contributed by atoms with Gasteiger partial charge >= 0.3 is 0 Å². The number of sulfonamides is 1. The Balaban J connectivity index is 1.58. The van der Waals surface area contributed by atoms with Crippen molar-refractivity contribution in [1.82, 2.24) is 5.32 Å². The molecule has 154 valence electrons. The first-order valence-electron chi connectivity index (χ1n) is 10.4. The number of hydrogen-bond donors (Lipinski definition) is 1. The third-order valence-electron chi connectivity index (χ3n) is 6.34. The van der Waals surface area contributed by atoms with Gasteiger partial charge in [-0.05, 0) is 67.3 Å². The van der Waals surface area contributed by atoms with Crippen LogP contribution in [0.3, 0.4) is 0 Å². The van der Waals surface area contributed by atoms with Crippen LogP contribution in [0.1, 0.15) is 38.2 Å². The highest BCUT2D eigenvalue weighted by Gasteiger charge is 2.40. The van der Waals surface area contributed by atoms with Crippen LogP contribution in [0.15, 0.2) is 59.5 Å². The van der Waals surface area contributed by atoms with E-state index in [-0.39, 0.29) is 23.4 Å². The van der Waals surface area contributed by atoms with Gasteiger partial charge in [0.05, 0.1) is 10.6 Å². The Bertz CT molecular complexity index is 957. The highest BCUT2D eigenvalue weighted by Crippen LogP contribution is 2.44. The van der Waals surface area contributed by atoms with E-state index in [1.165, 1.54) is 23.6 Å². The Morgan fingerprint density at radius 1 is 1.03 bits per heavy atom. The fraction of sp³-hybridized carbons (Fsp3) is 0.435. The SMILES string of the molecule is CCc1ccc(N(CC(=O)N[C@@H]2C[C@H]3CC[C@H]2C3)S(=O)(=O)c2ccccc2)cc1. The lowest BCUT2D eigenvalue weighted by molar-refractivity contribution is -0.120. The first kappa shape index (κ1) is 20.0. The number of amides is 1. The summed E-state index contributed by atoms with van der Waals surface area (Å²) in [6, 6.07) is 15.9. The quantitative estimate of drug-likeness (QED) is 0.753. The highest BCUT2D eigenvalue weighted by molar-refractivity contribution is 7.92. The number of fused-ring (bicyclic) bond motifs is 2. The van der Waals surface area contributed by atoms with Gasteiger partial charge in [-0.15, -0.1) is 0 Å². The topological polar surface area (TPSA) is 66.5 Å². The molecule has 0 aliphatic heterocycles. The Kier molecular flexibility index (Phi) is 5.63. The molecular weight excluding hydrogens is 384 g/mol. The summed E-state index contributed by atoms with van der Waals surface area (Å²) in [6.07, 6.45) is 5.51. The first-order chi connectivity index (χ1) is 14.0. The second-order valence-corrected chi connectivity index (χ2v) is 10.1. The van der Waals surface area contributed by atoms with Crippen LogP contribution in [0.2, 0.25) is 0 Å². The number of aryl methyl sites for hydroxylation is 1. The maximum absolute atomic E-state index is 13.3. The zero-order valence-electron chi connectivity index (χ0n) is 16.8. The molecule has 2 aromatic carbocycles. The van der Waals surface area contributed by atoms with Crippen LogP contribution >= 0.6 is 0 Å². The third-order valence-corrected chi connectivity index (χ3v) is 8.12. The number of carbonyl (C=O) groups excluding carboxylic acids is 1. The van der Waals surface area contributed by atoms with Gasteiger partial charge in [0.2, 0.25) is 5.91 Å². The number of carbonyl (C=O) groups is 1. The number of anilines is 1. The van der Waals surface area contributed by atoms with E-state index in [2.05, 4.69) is 12.2 Å². The van der Waals surface area contributed by atoms with Crippen molar-refractivity contribution < 1.29 is 13.2 Å². The van der Waals surface area contributed by atoms with E-state index in [4.69, 9.17) is 0 Å². The van der Waals surface area contributed by atoms with Crippen molar-refractivity contribution in [3.05, 3.63) is 60.2 Å². The highest BCUT2D eigenvalue weighted by atomic mass is 32.2. The second kappa shape index (κ2) is 8.19. The Hall–Kier alpha value is -2.34. The smallest absolute Gasteiger partial charge is 0.264 e. The first-order valence-corrected chi connectivity index (χ1v) is 11.9. The van der Waals surface area contributed by atoms with Crippen LogP contribution in [0.5, 0.6) is 0 Å². The van der Waals surface area contributed by atoms with Crippen molar-refractivity contribution in [2.24, 2.45) is 11.8 Å². The maximum Gasteiger partial charge on any atom is 0.264 e. The Labute approximate surface area is 173 Å². The fourth-order valence-corrected chi connectivity index (χ4v) is 6.18. The average Bonchev–Trinajstić information content (AvgIpc) is 3.36. The van der Waals surface area contributed by atoms with Gasteiger partial charge < -0.3 is 5.32 Å². The van der Waals surface area contributed by atoms with Gasteiger partial charge in [-0.25, -0.2) is 8.42 Å². The lowest BCUT2D eigenvalue weighted by Crippen LogP contribution is -2.46. The molecular formula is C23H28N2O3S. The van der Waals surface area contributed by atoms with Gasteiger partial charge in [0.25, 0.3) is 10.0 Å². The minimum atomic E-state index is -3.84. The molecule has 0 unspecified atom stereocenters. The van der Waals surface area contributed by atoms with Gasteiger partial charge in [-0.3, -0.25) is 9.10 Å². The predicted molar refractivity (Wildman–Crippen MR) is 114 cm³/mol. The van der Waals surface area contributed by atoms with Gasteiger partial charge in [0, 0.05) is 6.04 Å². The second-order valence-electron chi connectivity index (χ2n) is 8.19. The third kappa shape index (κ3) is 4.17. The molecule has 2 bridgehead atoms. The summed E-state index contributed by atoms with van der Waals surface area (Å²) in [6.45, 7) is 1.84. The van der Waals surface area contributed by atoms with Crippen molar-refractivity contribution in [3.8, 4) is 0 Å². The van der Waals surface area contributed by atoms with Crippen LogP contribution in [-0.2, 0) is 21.2 Å². The summed E-state index contributed by atoms with van der Waals surface area (Å²) >= 11 is 0. The Morgan fingerprint density at radius 2 is 1.76 bits per heavy atom. The number of nitrogens with zero attached hydrogens (tertiary/aromatic N) is 1. The van der Waals surface area contributed by atoms with Crippen LogP contribution in [0.25, 0.3) is 0 Å². The minimum Gasteiger partial charge on any atom is -0.352 e. The molecule has 3 atom stereocenters. The number of nitrogens with one attached hydrogen (secondary N) is 1. The molecule has 1 amide bonds. The molecule has 1 N–H and O–H groups in total.